The van der Waals surface area contributed by atoms with Crippen molar-refractivity contribution in [1.82, 2.24) is 5.32 Å². The molecular formula is C23H24N2OS. The summed E-state index contributed by atoms with van der Waals surface area (Å²) in [6.07, 6.45) is 0. The van der Waals surface area contributed by atoms with Gasteiger partial charge in [0.2, 0.25) is 0 Å². The Labute approximate surface area is 166 Å². The van der Waals surface area contributed by atoms with Gasteiger partial charge in [0.15, 0.2) is 5.11 Å². The summed E-state index contributed by atoms with van der Waals surface area (Å²) in [6, 6.07) is 26.5. The van der Waals surface area contributed by atoms with Crippen molar-refractivity contribution in [1.29, 1.82) is 0 Å². The summed E-state index contributed by atoms with van der Waals surface area (Å²) in [4.78, 5) is 0. The van der Waals surface area contributed by atoms with E-state index in [1.165, 1.54) is 16.7 Å². The lowest BCUT2D eigenvalue weighted by Gasteiger charge is -2.23. The van der Waals surface area contributed by atoms with Crippen LogP contribution in [0.5, 0.6) is 5.75 Å². The van der Waals surface area contributed by atoms with Crippen LogP contribution in [0.15, 0.2) is 78.9 Å². The number of hydrogen-bond acceptors (Lipinski definition) is 2. The van der Waals surface area contributed by atoms with Crippen molar-refractivity contribution in [2.75, 3.05) is 11.9 Å². The second-order valence-corrected chi connectivity index (χ2v) is 6.67. The molecule has 3 rings (SSSR count). The number of aryl methyl sites for hydroxylation is 1. The first-order valence-corrected chi connectivity index (χ1v) is 9.49. The number of hydrogen-bond donors (Lipinski definition) is 2. The SMILES string of the molecule is CCOc1cccc(NC(=S)NC(c2ccccc2)c2ccccc2C)c1. The number of benzene rings is 3. The van der Waals surface area contributed by atoms with Crippen LogP contribution in [0.1, 0.15) is 29.7 Å². The molecule has 1 unspecified atom stereocenters. The number of ether oxygens (including phenoxy) is 1. The van der Waals surface area contributed by atoms with Crippen molar-refractivity contribution in [2.45, 2.75) is 19.9 Å². The molecule has 3 aromatic carbocycles. The fourth-order valence-electron chi connectivity index (χ4n) is 3.03. The van der Waals surface area contributed by atoms with E-state index in [2.05, 4.69) is 54.0 Å². The average molecular weight is 377 g/mol. The van der Waals surface area contributed by atoms with Gasteiger partial charge in [0.25, 0.3) is 0 Å². The zero-order chi connectivity index (χ0) is 19.1. The van der Waals surface area contributed by atoms with Gasteiger partial charge in [-0.1, -0.05) is 60.7 Å². The standard InChI is InChI=1S/C23H24N2OS/c1-3-26-20-14-9-13-19(16-20)24-23(27)25-22(18-11-5-4-6-12-18)21-15-8-7-10-17(21)2/h4-16,22H,3H2,1-2H3,(H2,24,25,27). The van der Waals surface area contributed by atoms with E-state index in [4.69, 9.17) is 17.0 Å². The fourth-order valence-corrected chi connectivity index (χ4v) is 3.26. The highest BCUT2D eigenvalue weighted by molar-refractivity contribution is 7.80. The Kier molecular flexibility index (Phi) is 6.44. The molecule has 0 aliphatic carbocycles. The summed E-state index contributed by atoms with van der Waals surface area (Å²) in [5.74, 6) is 0.823. The third-order valence-electron chi connectivity index (χ3n) is 4.31. The van der Waals surface area contributed by atoms with Crippen LogP contribution in [0.3, 0.4) is 0 Å². The first-order valence-electron chi connectivity index (χ1n) is 9.08. The molecule has 138 valence electrons. The van der Waals surface area contributed by atoms with Crippen LogP contribution < -0.4 is 15.4 Å². The maximum absolute atomic E-state index is 5.60. The Bertz CT molecular complexity index is 896. The highest BCUT2D eigenvalue weighted by Crippen LogP contribution is 2.25. The van der Waals surface area contributed by atoms with Crippen LogP contribution in [0, 0.1) is 6.92 Å². The lowest BCUT2D eigenvalue weighted by Crippen LogP contribution is -2.33. The fraction of sp³-hybridized carbons (Fsp3) is 0.174. The van der Waals surface area contributed by atoms with Gasteiger partial charge >= 0.3 is 0 Å². The van der Waals surface area contributed by atoms with Gasteiger partial charge in [0, 0.05) is 11.8 Å². The van der Waals surface area contributed by atoms with E-state index in [0.717, 1.165) is 11.4 Å². The molecule has 2 N–H and O–H groups in total. The summed E-state index contributed by atoms with van der Waals surface area (Å²) >= 11 is 5.60. The lowest BCUT2D eigenvalue weighted by molar-refractivity contribution is 0.340. The Hall–Kier alpha value is -2.85. The summed E-state index contributed by atoms with van der Waals surface area (Å²) in [5, 5.41) is 7.31. The third-order valence-corrected chi connectivity index (χ3v) is 4.53. The first-order chi connectivity index (χ1) is 13.2. The van der Waals surface area contributed by atoms with E-state index in [-0.39, 0.29) is 6.04 Å². The molecule has 0 heterocycles. The molecule has 0 amide bonds. The zero-order valence-electron chi connectivity index (χ0n) is 15.6. The predicted molar refractivity (Wildman–Crippen MR) is 116 cm³/mol. The van der Waals surface area contributed by atoms with E-state index in [9.17, 15) is 0 Å². The molecular weight excluding hydrogens is 352 g/mol. The molecule has 0 fully saturated rings. The van der Waals surface area contributed by atoms with E-state index in [1.807, 2.05) is 49.4 Å². The lowest BCUT2D eigenvalue weighted by atomic mass is 9.95. The van der Waals surface area contributed by atoms with Crippen LogP contribution in [-0.4, -0.2) is 11.7 Å². The van der Waals surface area contributed by atoms with Gasteiger partial charge in [-0.3, -0.25) is 0 Å². The molecule has 0 aliphatic heterocycles. The second-order valence-electron chi connectivity index (χ2n) is 6.26. The molecule has 3 aromatic rings. The van der Waals surface area contributed by atoms with E-state index in [1.54, 1.807) is 0 Å². The van der Waals surface area contributed by atoms with Gasteiger partial charge in [-0.25, -0.2) is 0 Å². The van der Waals surface area contributed by atoms with E-state index in [0.29, 0.717) is 11.7 Å². The molecule has 4 heteroatoms. The van der Waals surface area contributed by atoms with Crippen molar-refractivity contribution in [3.05, 3.63) is 95.6 Å². The molecule has 0 saturated carbocycles. The molecule has 27 heavy (non-hydrogen) atoms. The van der Waals surface area contributed by atoms with Crippen LogP contribution in [0.25, 0.3) is 0 Å². The van der Waals surface area contributed by atoms with Gasteiger partial charge in [0.1, 0.15) is 5.75 Å². The van der Waals surface area contributed by atoms with Crippen LogP contribution in [-0.2, 0) is 0 Å². The van der Waals surface area contributed by atoms with E-state index < -0.39 is 0 Å². The summed E-state index contributed by atoms with van der Waals surface area (Å²) < 4.78 is 5.56. The van der Waals surface area contributed by atoms with Gasteiger partial charge in [-0.05, 0) is 54.9 Å². The first kappa shape index (κ1) is 18.9. The molecule has 0 aromatic heterocycles. The quantitative estimate of drug-likeness (QED) is 0.559. The smallest absolute Gasteiger partial charge is 0.171 e. The summed E-state index contributed by atoms with van der Waals surface area (Å²) in [7, 11) is 0. The maximum atomic E-state index is 5.60. The van der Waals surface area contributed by atoms with Gasteiger partial charge in [-0.15, -0.1) is 0 Å². The van der Waals surface area contributed by atoms with Crippen molar-refractivity contribution in [3.63, 3.8) is 0 Å². The zero-order valence-corrected chi connectivity index (χ0v) is 16.4. The summed E-state index contributed by atoms with van der Waals surface area (Å²) in [6.45, 7) is 4.73. The van der Waals surface area contributed by atoms with Crippen LogP contribution in [0.2, 0.25) is 0 Å². The van der Waals surface area contributed by atoms with Gasteiger partial charge in [-0.2, -0.15) is 0 Å². The minimum Gasteiger partial charge on any atom is -0.494 e. The average Bonchev–Trinajstić information content (AvgIpc) is 2.68. The van der Waals surface area contributed by atoms with Gasteiger partial charge < -0.3 is 15.4 Å². The topological polar surface area (TPSA) is 33.3 Å². The maximum Gasteiger partial charge on any atom is 0.171 e. The predicted octanol–water partition coefficient (Wildman–Crippen LogP) is 5.47. The molecule has 0 aliphatic rings. The number of anilines is 1. The highest BCUT2D eigenvalue weighted by atomic mass is 32.1. The highest BCUT2D eigenvalue weighted by Gasteiger charge is 2.17. The third kappa shape index (κ3) is 5.08. The number of thiocarbonyl (C=S) groups is 1. The van der Waals surface area contributed by atoms with Crippen molar-refractivity contribution in [2.24, 2.45) is 0 Å². The van der Waals surface area contributed by atoms with Crippen LogP contribution >= 0.6 is 12.2 Å². The normalized spacial score (nSPS) is 11.5. The molecule has 3 nitrogen and oxygen atoms in total. The molecule has 1 atom stereocenters. The van der Waals surface area contributed by atoms with Gasteiger partial charge in [0.05, 0.1) is 12.6 Å². The minimum absolute atomic E-state index is 0.0255. The molecule has 0 radical (unpaired) electrons. The van der Waals surface area contributed by atoms with Crippen molar-refractivity contribution in [3.8, 4) is 5.75 Å². The largest absolute Gasteiger partial charge is 0.494 e. The monoisotopic (exact) mass is 376 g/mol. The van der Waals surface area contributed by atoms with E-state index >= 15 is 0 Å². The number of rotatable bonds is 6. The number of nitrogens with one attached hydrogen (secondary N) is 2. The Morgan fingerprint density at radius 1 is 0.963 bits per heavy atom. The minimum atomic E-state index is -0.0255. The Morgan fingerprint density at radius 3 is 2.44 bits per heavy atom. The van der Waals surface area contributed by atoms with Crippen molar-refractivity contribution >= 4 is 23.0 Å². The molecule has 0 saturated heterocycles. The Balaban J connectivity index is 1.81. The van der Waals surface area contributed by atoms with Crippen molar-refractivity contribution < 1.29 is 4.74 Å². The molecule has 0 spiro atoms. The van der Waals surface area contributed by atoms with Crippen LogP contribution in [0.4, 0.5) is 5.69 Å². The second kappa shape index (κ2) is 9.19. The Morgan fingerprint density at radius 2 is 1.70 bits per heavy atom. The molecule has 0 bridgehead atoms. The summed E-state index contributed by atoms with van der Waals surface area (Å²) in [5.41, 5.74) is 4.49.